The Morgan fingerprint density at radius 3 is 2.31 bits per heavy atom. The Kier molecular flexibility index (Phi) is 7.28. The summed E-state index contributed by atoms with van der Waals surface area (Å²) in [6.45, 7) is 5.43. The Hall–Kier alpha value is -4.33. The molecule has 8 nitrogen and oxygen atoms in total. The number of hydrogen-bond donors (Lipinski definition) is 0. The van der Waals surface area contributed by atoms with Gasteiger partial charge in [-0.1, -0.05) is 42.8 Å². The van der Waals surface area contributed by atoms with Crippen LogP contribution in [0.15, 0.2) is 59.5 Å². The Morgan fingerprint density at radius 2 is 1.67 bits per heavy atom. The summed E-state index contributed by atoms with van der Waals surface area (Å²) in [7, 11) is 4.70. The standard InChI is InChI=1S/C31H33N3O5/c1-19-8-10-22(11-9-19)26-23-7-6-13-32-27(23)30(35)34-14-12-20(2)17-33(31(36)28(26)34)18-21-15-24(37-3)29(39-5)25(16-21)38-4/h6-11,13,15-16,20H,12,14,17-18H2,1-5H3/t20-/m0/s1. The number of nitrogens with zero attached hydrogens (tertiary/aromatic N) is 3. The Bertz CT molecular complexity index is 1570. The van der Waals surface area contributed by atoms with E-state index in [0.29, 0.717) is 53.5 Å². The fourth-order valence-electron chi connectivity index (χ4n) is 5.35. The van der Waals surface area contributed by atoms with E-state index in [9.17, 15) is 9.59 Å². The van der Waals surface area contributed by atoms with Crippen LogP contribution in [0.4, 0.5) is 0 Å². The average Bonchev–Trinajstić information content (AvgIpc) is 2.95. The average molecular weight is 528 g/mol. The van der Waals surface area contributed by atoms with Crippen molar-refractivity contribution in [1.29, 1.82) is 0 Å². The van der Waals surface area contributed by atoms with Crippen LogP contribution in [0.5, 0.6) is 17.2 Å². The third kappa shape index (κ3) is 4.82. The minimum absolute atomic E-state index is 0.179. The molecule has 0 radical (unpaired) electrons. The van der Waals surface area contributed by atoms with Gasteiger partial charge >= 0.3 is 0 Å². The van der Waals surface area contributed by atoms with Crippen molar-refractivity contribution in [3.8, 4) is 28.4 Å². The highest BCUT2D eigenvalue weighted by Gasteiger charge is 2.31. The number of pyridine rings is 2. The summed E-state index contributed by atoms with van der Waals surface area (Å²) in [5, 5.41) is 0.673. The number of amides is 1. The molecule has 0 fully saturated rings. The topological polar surface area (TPSA) is 82.9 Å². The molecule has 0 saturated heterocycles. The summed E-state index contributed by atoms with van der Waals surface area (Å²) in [5.41, 5.74) is 4.06. The van der Waals surface area contributed by atoms with Gasteiger partial charge in [-0.15, -0.1) is 0 Å². The van der Waals surface area contributed by atoms with E-state index in [4.69, 9.17) is 14.2 Å². The maximum atomic E-state index is 14.5. The van der Waals surface area contributed by atoms with Crippen LogP contribution < -0.4 is 19.8 Å². The zero-order valence-electron chi connectivity index (χ0n) is 23.0. The fraction of sp³-hybridized carbons (Fsp3) is 0.323. The van der Waals surface area contributed by atoms with Crippen LogP contribution in [-0.4, -0.2) is 48.2 Å². The van der Waals surface area contributed by atoms with Crippen LogP contribution in [0.2, 0.25) is 0 Å². The monoisotopic (exact) mass is 527 g/mol. The number of fused-ring (bicyclic) bond motifs is 2. The summed E-state index contributed by atoms with van der Waals surface area (Å²) in [5.74, 6) is 1.52. The molecule has 2 aromatic heterocycles. The molecule has 202 valence electrons. The van der Waals surface area contributed by atoms with Crippen molar-refractivity contribution in [1.82, 2.24) is 14.5 Å². The SMILES string of the molecule is COc1cc(CN2C[C@@H](C)CCn3c(c(-c4ccc(C)cc4)c4cccnc4c3=O)C2=O)cc(OC)c1OC. The highest BCUT2D eigenvalue weighted by molar-refractivity contribution is 6.07. The molecule has 8 heteroatoms. The van der Waals surface area contributed by atoms with Gasteiger partial charge in [0.15, 0.2) is 11.5 Å². The lowest BCUT2D eigenvalue weighted by molar-refractivity contribution is 0.0686. The number of carbonyl (C=O) groups excluding carboxylic acids is 1. The van der Waals surface area contributed by atoms with Gasteiger partial charge in [0, 0.05) is 36.8 Å². The highest BCUT2D eigenvalue weighted by Crippen LogP contribution is 2.39. The molecule has 0 N–H and O–H groups in total. The van der Waals surface area contributed by atoms with Crippen LogP contribution in [0.1, 0.15) is 35.0 Å². The molecule has 0 saturated carbocycles. The first-order valence-corrected chi connectivity index (χ1v) is 13.0. The minimum atomic E-state index is -0.244. The maximum Gasteiger partial charge on any atom is 0.277 e. The van der Waals surface area contributed by atoms with Crippen LogP contribution in [-0.2, 0) is 13.1 Å². The van der Waals surface area contributed by atoms with Crippen LogP contribution in [0.25, 0.3) is 22.0 Å². The van der Waals surface area contributed by atoms with E-state index in [1.165, 1.54) is 0 Å². The van der Waals surface area contributed by atoms with Gasteiger partial charge in [0.2, 0.25) is 5.75 Å². The number of rotatable bonds is 6. The van der Waals surface area contributed by atoms with E-state index < -0.39 is 0 Å². The van der Waals surface area contributed by atoms with Gasteiger partial charge in [0.25, 0.3) is 11.5 Å². The second-order valence-electron chi connectivity index (χ2n) is 10.1. The minimum Gasteiger partial charge on any atom is -0.493 e. The lowest BCUT2D eigenvalue weighted by Gasteiger charge is -2.32. The van der Waals surface area contributed by atoms with Crippen LogP contribution in [0.3, 0.4) is 0 Å². The zero-order chi connectivity index (χ0) is 27.7. The summed E-state index contributed by atoms with van der Waals surface area (Å²) >= 11 is 0. The first-order valence-electron chi connectivity index (χ1n) is 13.0. The molecule has 1 aliphatic heterocycles. The Balaban J connectivity index is 1.71. The van der Waals surface area contributed by atoms with Crippen molar-refractivity contribution >= 4 is 16.8 Å². The largest absolute Gasteiger partial charge is 0.493 e. The molecular weight excluding hydrogens is 494 g/mol. The van der Waals surface area contributed by atoms with E-state index in [0.717, 1.165) is 28.7 Å². The zero-order valence-corrected chi connectivity index (χ0v) is 23.0. The Morgan fingerprint density at radius 1 is 0.974 bits per heavy atom. The van der Waals surface area contributed by atoms with Gasteiger partial charge in [-0.05, 0) is 48.6 Å². The number of methoxy groups -OCH3 is 3. The molecule has 1 atom stereocenters. The van der Waals surface area contributed by atoms with Crippen molar-refractivity contribution in [2.75, 3.05) is 27.9 Å². The van der Waals surface area contributed by atoms with Gasteiger partial charge in [-0.2, -0.15) is 0 Å². The second-order valence-corrected chi connectivity index (χ2v) is 10.1. The first kappa shape index (κ1) is 26.3. The van der Waals surface area contributed by atoms with Crippen molar-refractivity contribution in [2.24, 2.45) is 5.92 Å². The van der Waals surface area contributed by atoms with Gasteiger partial charge in [0.1, 0.15) is 11.2 Å². The Labute approximate surface area is 227 Å². The number of aryl methyl sites for hydroxylation is 1. The van der Waals surface area contributed by atoms with Crippen molar-refractivity contribution in [3.63, 3.8) is 0 Å². The molecule has 5 rings (SSSR count). The van der Waals surface area contributed by atoms with Crippen molar-refractivity contribution < 1.29 is 19.0 Å². The molecule has 0 unspecified atom stereocenters. The predicted molar refractivity (Wildman–Crippen MR) is 151 cm³/mol. The molecule has 4 aromatic rings. The molecular formula is C31H33N3O5. The van der Waals surface area contributed by atoms with Crippen molar-refractivity contribution in [2.45, 2.75) is 33.4 Å². The lowest BCUT2D eigenvalue weighted by Crippen LogP contribution is -2.41. The summed E-state index contributed by atoms with van der Waals surface area (Å²) in [6.07, 6.45) is 2.37. The summed E-state index contributed by atoms with van der Waals surface area (Å²) in [6, 6.07) is 15.4. The highest BCUT2D eigenvalue weighted by atomic mass is 16.5. The molecule has 0 aliphatic carbocycles. The van der Waals surface area contributed by atoms with Gasteiger partial charge in [-0.25, -0.2) is 0 Å². The number of hydrogen-bond acceptors (Lipinski definition) is 6. The number of benzene rings is 2. The fourth-order valence-corrected chi connectivity index (χ4v) is 5.35. The van der Waals surface area contributed by atoms with E-state index >= 15 is 0 Å². The van der Waals surface area contributed by atoms with Crippen LogP contribution in [0, 0.1) is 12.8 Å². The molecule has 3 heterocycles. The van der Waals surface area contributed by atoms with Gasteiger partial charge in [0.05, 0.1) is 21.3 Å². The molecule has 0 spiro atoms. The molecule has 1 aliphatic rings. The maximum absolute atomic E-state index is 14.5. The van der Waals surface area contributed by atoms with E-state index in [1.54, 1.807) is 38.2 Å². The number of ether oxygens (including phenoxy) is 3. The van der Waals surface area contributed by atoms with Gasteiger partial charge < -0.3 is 23.7 Å². The quantitative estimate of drug-likeness (QED) is 0.348. The predicted octanol–water partition coefficient (Wildman–Crippen LogP) is 5.08. The van der Waals surface area contributed by atoms with Crippen LogP contribution >= 0.6 is 0 Å². The molecule has 39 heavy (non-hydrogen) atoms. The molecule has 1 amide bonds. The summed E-state index contributed by atoms with van der Waals surface area (Å²) < 4.78 is 18.2. The van der Waals surface area contributed by atoms with E-state index in [2.05, 4.69) is 11.9 Å². The lowest BCUT2D eigenvalue weighted by atomic mass is 9.95. The normalized spacial score (nSPS) is 15.5. The second kappa shape index (κ2) is 10.8. The van der Waals surface area contributed by atoms with E-state index in [1.807, 2.05) is 54.3 Å². The number of carbonyl (C=O) groups is 1. The third-order valence-electron chi connectivity index (χ3n) is 7.34. The number of aromatic nitrogens is 2. The summed E-state index contributed by atoms with van der Waals surface area (Å²) in [4.78, 5) is 34.4. The van der Waals surface area contributed by atoms with Gasteiger partial charge in [-0.3, -0.25) is 14.6 Å². The smallest absolute Gasteiger partial charge is 0.277 e. The molecule has 2 aromatic carbocycles. The molecule has 0 bridgehead atoms. The van der Waals surface area contributed by atoms with E-state index in [-0.39, 0.29) is 17.4 Å². The van der Waals surface area contributed by atoms with Crippen molar-refractivity contribution in [3.05, 3.63) is 81.9 Å². The first-order chi connectivity index (χ1) is 18.9. The third-order valence-corrected chi connectivity index (χ3v) is 7.34.